The van der Waals surface area contributed by atoms with E-state index in [2.05, 4.69) is 10.0 Å². The molecule has 2 heterocycles. The van der Waals surface area contributed by atoms with E-state index in [1.807, 2.05) is 48.7 Å². The number of thiophene rings is 1. The number of fused-ring (bicyclic) bond motifs is 3. The molecule has 1 aliphatic rings. The van der Waals surface area contributed by atoms with Crippen LogP contribution in [-0.4, -0.2) is 29.3 Å². The van der Waals surface area contributed by atoms with Crippen molar-refractivity contribution >= 4 is 37.2 Å². The molecule has 0 amide bonds. The first kappa shape index (κ1) is 22.8. The second kappa shape index (κ2) is 8.51. The molecule has 1 atom stereocenters. The third-order valence-corrected chi connectivity index (χ3v) is 7.34. The van der Waals surface area contributed by atoms with Gasteiger partial charge in [0.2, 0.25) is 10.0 Å². The SMILES string of the molecule is CC[C@H](NS(C)(=O)=O)c1ccc(-c2c(OS(C)(=O)=O)ccc3c2-c2ccsc2CN3)cc1. The van der Waals surface area contributed by atoms with Gasteiger partial charge >= 0.3 is 10.1 Å². The number of benzene rings is 2. The van der Waals surface area contributed by atoms with Gasteiger partial charge in [0, 0.05) is 33.3 Å². The maximum Gasteiger partial charge on any atom is 0.306 e. The Kier molecular flexibility index (Phi) is 6.06. The Balaban J connectivity index is 1.86. The number of anilines is 1. The molecule has 0 bridgehead atoms. The summed E-state index contributed by atoms with van der Waals surface area (Å²) < 4.78 is 55.3. The average molecular weight is 493 g/mol. The fourth-order valence-electron chi connectivity index (χ4n) is 3.93. The molecule has 4 rings (SSSR count). The standard InChI is InChI=1S/C22H24N2O5S3/c1-4-17(24-31(2,25)26)14-5-7-15(8-6-14)21-19(29-32(3,27)28)10-9-18-22(21)16-11-12-30-20(16)13-23-18/h5-12,17,23-24H,4,13H2,1-3H3/t17-/m0/s1. The Labute approximate surface area is 192 Å². The van der Waals surface area contributed by atoms with Crippen molar-refractivity contribution in [2.75, 3.05) is 17.8 Å². The number of hydrogen-bond acceptors (Lipinski definition) is 7. The van der Waals surface area contributed by atoms with E-state index in [1.165, 1.54) is 0 Å². The predicted molar refractivity (Wildman–Crippen MR) is 129 cm³/mol. The summed E-state index contributed by atoms with van der Waals surface area (Å²) in [6.07, 6.45) is 2.76. The number of sulfonamides is 1. The zero-order valence-corrected chi connectivity index (χ0v) is 20.3. The lowest BCUT2D eigenvalue weighted by Gasteiger charge is -2.24. The minimum Gasteiger partial charge on any atom is -0.382 e. The van der Waals surface area contributed by atoms with E-state index in [1.54, 1.807) is 17.4 Å². The van der Waals surface area contributed by atoms with Gasteiger partial charge in [0.05, 0.1) is 19.1 Å². The summed E-state index contributed by atoms with van der Waals surface area (Å²) >= 11 is 1.64. The highest BCUT2D eigenvalue weighted by molar-refractivity contribution is 7.88. The highest BCUT2D eigenvalue weighted by Gasteiger charge is 2.25. The van der Waals surface area contributed by atoms with Crippen LogP contribution < -0.4 is 14.2 Å². The van der Waals surface area contributed by atoms with Crippen molar-refractivity contribution in [1.82, 2.24) is 4.72 Å². The minimum atomic E-state index is -3.74. The van der Waals surface area contributed by atoms with E-state index < -0.39 is 20.1 Å². The second-order valence-corrected chi connectivity index (χ2v) is 12.1. The van der Waals surface area contributed by atoms with Gasteiger partial charge < -0.3 is 9.50 Å². The van der Waals surface area contributed by atoms with Gasteiger partial charge in [-0.1, -0.05) is 31.2 Å². The van der Waals surface area contributed by atoms with Gasteiger partial charge in [-0.2, -0.15) is 8.42 Å². The van der Waals surface area contributed by atoms with Crippen LogP contribution in [-0.2, 0) is 26.7 Å². The summed E-state index contributed by atoms with van der Waals surface area (Å²) in [5.74, 6) is 0.251. The van der Waals surface area contributed by atoms with Crippen LogP contribution in [0, 0.1) is 0 Å². The Morgan fingerprint density at radius 2 is 1.75 bits per heavy atom. The Morgan fingerprint density at radius 3 is 2.38 bits per heavy atom. The smallest absolute Gasteiger partial charge is 0.306 e. The van der Waals surface area contributed by atoms with Gasteiger partial charge in [0.25, 0.3) is 0 Å². The summed E-state index contributed by atoms with van der Waals surface area (Å²) in [6.45, 7) is 2.62. The zero-order chi connectivity index (χ0) is 23.1. The molecule has 0 saturated carbocycles. The van der Waals surface area contributed by atoms with E-state index in [0.717, 1.165) is 45.3 Å². The molecule has 2 N–H and O–H groups in total. The molecule has 7 nitrogen and oxygen atoms in total. The minimum absolute atomic E-state index is 0.251. The Bertz CT molecular complexity index is 1360. The highest BCUT2D eigenvalue weighted by Crippen LogP contribution is 2.48. The third-order valence-electron chi connectivity index (χ3n) is 5.23. The van der Waals surface area contributed by atoms with E-state index >= 15 is 0 Å². The van der Waals surface area contributed by atoms with E-state index in [-0.39, 0.29) is 11.8 Å². The number of nitrogens with one attached hydrogen (secondary N) is 2. The van der Waals surface area contributed by atoms with E-state index in [0.29, 0.717) is 18.5 Å². The first-order valence-corrected chi connectivity index (χ1v) is 14.6. The molecular formula is C22H24N2O5S3. The van der Waals surface area contributed by atoms with Crippen molar-refractivity contribution in [1.29, 1.82) is 0 Å². The highest BCUT2D eigenvalue weighted by atomic mass is 32.2. The van der Waals surface area contributed by atoms with E-state index in [4.69, 9.17) is 4.18 Å². The molecule has 1 aromatic heterocycles. The van der Waals surface area contributed by atoms with Crippen LogP contribution in [0.25, 0.3) is 22.3 Å². The monoisotopic (exact) mass is 492 g/mol. The molecule has 0 radical (unpaired) electrons. The van der Waals surface area contributed by atoms with Crippen molar-refractivity contribution in [3.63, 3.8) is 0 Å². The second-order valence-electron chi connectivity index (χ2n) is 7.73. The summed E-state index contributed by atoms with van der Waals surface area (Å²) in [5, 5.41) is 5.41. The molecule has 1 aliphatic heterocycles. The summed E-state index contributed by atoms with van der Waals surface area (Å²) in [6, 6.07) is 12.6. The van der Waals surface area contributed by atoms with Crippen LogP contribution in [0.2, 0.25) is 0 Å². The van der Waals surface area contributed by atoms with Crippen molar-refractivity contribution < 1.29 is 21.0 Å². The fourth-order valence-corrected chi connectivity index (χ4v) is 6.04. The van der Waals surface area contributed by atoms with Crippen molar-refractivity contribution in [3.8, 4) is 28.0 Å². The summed E-state index contributed by atoms with van der Waals surface area (Å²) in [5.41, 5.74) is 5.12. The molecule has 3 aromatic rings. The largest absolute Gasteiger partial charge is 0.382 e. The van der Waals surface area contributed by atoms with Gasteiger partial charge in [0.1, 0.15) is 0 Å². The zero-order valence-electron chi connectivity index (χ0n) is 17.9. The molecule has 0 fully saturated rings. The Morgan fingerprint density at radius 1 is 1.03 bits per heavy atom. The first-order valence-electron chi connectivity index (χ1n) is 10.0. The van der Waals surface area contributed by atoms with Gasteiger partial charge in [-0.15, -0.1) is 11.3 Å². The van der Waals surface area contributed by atoms with Gasteiger partial charge in [-0.05, 0) is 41.1 Å². The normalized spacial score (nSPS) is 14.2. The summed E-state index contributed by atoms with van der Waals surface area (Å²) in [4.78, 5) is 1.16. The molecule has 0 aliphatic carbocycles. The predicted octanol–water partition coefficient (Wildman–Crippen LogP) is 4.35. The number of rotatable bonds is 7. The fraction of sp³-hybridized carbons (Fsp3) is 0.273. The molecule has 10 heteroatoms. The van der Waals surface area contributed by atoms with Gasteiger partial charge in [-0.25, -0.2) is 13.1 Å². The lowest BCUT2D eigenvalue weighted by molar-refractivity contribution is 0.494. The van der Waals surface area contributed by atoms with Crippen LogP contribution in [0.1, 0.15) is 29.8 Å². The van der Waals surface area contributed by atoms with Crippen molar-refractivity contribution in [2.45, 2.75) is 25.9 Å². The van der Waals surface area contributed by atoms with Gasteiger partial charge in [0.15, 0.2) is 5.75 Å². The van der Waals surface area contributed by atoms with Gasteiger partial charge in [-0.3, -0.25) is 0 Å². The molecule has 170 valence electrons. The Hall–Kier alpha value is -2.40. The topological polar surface area (TPSA) is 102 Å². The maximum atomic E-state index is 12.0. The van der Waals surface area contributed by atoms with Crippen LogP contribution >= 0.6 is 11.3 Å². The first-order chi connectivity index (χ1) is 15.1. The third kappa shape index (κ3) is 4.83. The molecule has 2 aromatic carbocycles. The molecule has 0 spiro atoms. The molecule has 32 heavy (non-hydrogen) atoms. The lowest BCUT2D eigenvalue weighted by Crippen LogP contribution is -2.26. The summed E-state index contributed by atoms with van der Waals surface area (Å²) in [7, 11) is -7.09. The molecule has 0 saturated heterocycles. The van der Waals surface area contributed by atoms with E-state index in [9.17, 15) is 16.8 Å². The maximum absolute atomic E-state index is 12.0. The van der Waals surface area contributed by atoms with Crippen LogP contribution in [0.15, 0.2) is 47.8 Å². The van der Waals surface area contributed by atoms with Crippen molar-refractivity contribution in [3.05, 3.63) is 58.3 Å². The van der Waals surface area contributed by atoms with Crippen LogP contribution in [0.3, 0.4) is 0 Å². The number of hydrogen-bond donors (Lipinski definition) is 2. The quantitative estimate of drug-likeness (QED) is 0.476. The lowest BCUT2D eigenvalue weighted by atomic mass is 9.90. The van der Waals surface area contributed by atoms with Crippen LogP contribution in [0.4, 0.5) is 5.69 Å². The van der Waals surface area contributed by atoms with Crippen LogP contribution in [0.5, 0.6) is 5.75 Å². The molecular weight excluding hydrogens is 468 g/mol. The molecule has 0 unspecified atom stereocenters. The average Bonchev–Trinajstić information content (AvgIpc) is 3.19. The van der Waals surface area contributed by atoms with Crippen molar-refractivity contribution in [2.24, 2.45) is 0 Å².